The summed E-state index contributed by atoms with van der Waals surface area (Å²) in [5.74, 6) is 0. The average Bonchev–Trinajstić information content (AvgIpc) is 3.29. The Balaban J connectivity index is 1.98. The summed E-state index contributed by atoms with van der Waals surface area (Å²) in [5.41, 5.74) is 0. The molecule has 3 heteroatoms. The molecule has 0 aromatic carbocycles. The first-order valence-electron chi connectivity index (χ1n) is 20.0. The second-order valence-electron chi connectivity index (χ2n) is 14.5. The average molecular weight is 607 g/mol. The molecule has 1 aliphatic heterocycles. The molecule has 1 heterocycles. The lowest BCUT2D eigenvalue weighted by Gasteiger charge is -2.34. The number of unbranched alkanes of at least 4 members (excludes halogenated alkanes) is 27. The molecule has 2 atom stereocenters. The topological polar surface area (TPSA) is 40.5 Å². The first kappa shape index (κ1) is 40.6. The highest BCUT2D eigenvalue weighted by molar-refractivity contribution is 4.81. The maximum Gasteiger partial charge on any atom is 0.134 e. The lowest BCUT2D eigenvalue weighted by atomic mass is 10.0. The predicted molar refractivity (Wildman–Crippen MR) is 191 cm³/mol. The van der Waals surface area contributed by atoms with Gasteiger partial charge in [-0.3, -0.25) is 0 Å². The predicted octanol–water partition coefficient (Wildman–Crippen LogP) is 11.8. The van der Waals surface area contributed by atoms with Gasteiger partial charge in [0.1, 0.15) is 25.3 Å². The Kier molecular flexibility index (Phi) is 28.6. The molecule has 1 aliphatic rings. The van der Waals surface area contributed by atoms with Crippen LogP contribution in [0.2, 0.25) is 0 Å². The molecule has 0 aromatic heterocycles. The number of rotatable bonds is 33. The molecule has 0 aromatic rings. The van der Waals surface area contributed by atoms with E-state index in [1.165, 1.54) is 193 Å². The third kappa shape index (κ3) is 24.5. The van der Waals surface area contributed by atoms with Crippen LogP contribution in [0.5, 0.6) is 0 Å². The summed E-state index contributed by atoms with van der Waals surface area (Å²) in [6, 6.07) is 0. The number of hydrogen-bond acceptors (Lipinski definition) is 2. The molecule has 0 spiro atoms. The van der Waals surface area contributed by atoms with Crippen LogP contribution in [0.1, 0.15) is 206 Å². The van der Waals surface area contributed by atoms with Crippen LogP contribution in [-0.4, -0.2) is 53.1 Å². The Morgan fingerprint density at radius 1 is 0.395 bits per heavy atom. The van der Waals surface area contributed by atoms with Gasteiger partial charge in [0.05, 0.1) is 13.1 Å². The summed E-state index contributed by atoms with van der Waals surface area (Å²) in [7, 11) is 0. The highest BCUT2D eigenvalue weighted by atomic mass is 16.3. The maximum absolute atomic E-state index is 10.3. The Morgan fingerprint density at radius 3 is 0.953 bits per heavy atom. The van der Waals surface area contributed by atoms with Crippen molar-refractivity contribution in [2.24, 2.45) is 0 Å². The molecule has 0 saturated carbocycles. The monoisotopic (exact) mass is 607 g/mol. The van der Waals surface area contributed by atoms with Gasteiger partial charge in [0.25, 0.3) is 0 Å². The van der Waals surface area contributed by atoms with Crippen LogP contribution < -0.4 is 0 Å². The van der Waals surface area contributed by atoms with Gasteiger partial charge in [-0.15, -0.1) is 0 Å². The summed E-state index contributed by atoms with van der Waals surface area (Å²) in [4.78, 5) is 0. The zero-order valence-corrected chi connectivity index (χ0v) is 29.7. The molecule has 2 unspecified atom stereocenters. The highest BCUT2D eigenvalue weighted by Gasteiger charge is 2.42. The van der Waals surface area contributed by atoms with Gasteiger partial charge in [-0.25, -0.2) is 0 Å². The molecule has 43 heavy (non-hydrogen) atoms. The summed E-state index contributed by atoms with van der Waals surface area (Å²) < 4.78 is 0.963. The van der Waals surface area contributed by atoms with Crippen molar-refractivity contribution in [3.63, 3.8) is 0 Å². The second kappa shape index (κ2) is 30.3. The van der Waals surface area contributed by atoms with Gasteiger partial charge in [-0.05, 0) is 51.4 Å². The van der Waals surface area contributed by atoms with Gasteiger partial charge in [0.2, 0.25) is 0 Å². The Hall–Kier alpha value is -0.380. The normalized spacial score (nSPS) is 20.6. The quantitative estimate of drug-likeness (QED) is 0.0443. The second-order valence-corrected chi connectivity index (χ2v) is 14.5. The van der Waals surface area contributed by atoms with Gasteiger partial charge >= 0.3 is 0 Å². The van der Waals surface area contributed by atoms with Crippen LogP contribution >= 0.6 is 0 Å². The summed E-state index contributed by atoms with van der Waals surface area (Å²) in [6.45, 7) is 8.42. The number of allylic oxidation sites excluding steroid dienone is 2. The number of nitrogens with zero attached hydrogens (tertiary/aromatic N) is 1. The fourth-order valence-corrected chi connectivity index (χ4v) is 7.28. The largest absolute Gasteiger partial charge is 0.384 e. The number of hydrogen-bond donors (Lipinski definition) is 2. The molecule has 0 radical (unpaired) electrons. The van der Waals surface area contributed by atoms with Crippen LogP contribution in [0.4, 0.5) is 0 Å². The molecule has 0 amide bonds. The van der Waals surface area contributed by atoms with Crippen molar-refractivity contribution in [1.29, 1.82) is 0 Å². The van der Waals surface area contributed by atoms with Gasteiger partial charge in [-0.2, -0.15) is 0 Å². The summed E-state index contributed by atoms with van der Waals surface area (Å²) in [5, 5.41) is 20.7. The van der Waals surface area contributed by atoms with Crippen molar-refractivity contribution in [2.75, 3.05) is 26.2 Å². The Labute approximate surface area is 271 Å². The van der Waals surface area contributed by atoms with E-state index in [9.17, 15) is 10.2 Å². The summed E-state index contributed by atoms with van der Waals surface area (Å²) in [6.07, 6.45) is 45.1. The zero-order valence-electron chi connectivity index (χ0n) is 29.7. The minimum atomic E-state index is -0.518. The van der Waals surface area contributed by atoms with E-state index in [-0.39, 0.29) is 0 Å². The van der Waals surface area contributed by atoms with Crippen LogP contribution in [0, 0.1) is 0 Å². The van der Waals surface area contributed by atoms with Crippen molar-refractivity contribution in [3.8, 4) is 0 Å². The van der Waals surface area contributed by atoms with Crippen LogP contribution in [0.15, 0.2) is 12.2 Å². The first-order valence-corrected chi connectivity index (χ1v) is 20.0. The van der Waals surface area contributed by atoms with Crippen molar-refractivity contribution < 1.29 is 14.7 Å². The fraction of sp³-hybridized carbons (Fsp3) is 0.950. The smallest absolute Gasteiger partial charge is 0.134 e. The third-order valence-corrected chi connectivity index (χ3v) is 10.2. The lowest BCUT2D eigenvalue weighted by Crippen LogP contribution is -2.48. The minimum absolute atomic E-state index is 0.518. The van der Waals surface area contributed by atoms with E-state index in [2.05, 4.69) is 26.0 Å². The SMILES string of the molecule is CCCCCCCC/C=C\CCCCCCCC[N+]1(CCCCCCCCCCCCCCCCCC)CC(O)C(O)C1. The molecule has 0 aliphatic carbocycles. The van der Waals surface area contributed by atoms with Crippen molar-refractivity contribution in [3.05, 3.63) is 12.2 Å². The lowest BCUT2D eigenvalue weighted by molar-refractivity contribution is -0.919. The van der Waals surface area contributed by atoms with E-state index in [1.807, 2.05) is 0 Å². The van der Waals surface area contributed by atoms with Crippen LogP contribution in [0.3, 0.4) is 0 Å². The van der Waals surface area contributed by atoms with E-state index < -0.39 is 12.2 Å². The van der Waals surface area contributed by atoms with Gasteiger partial charge in [-0.1, -0.05) is 167 Å². The highest BCUT2D eigenvalue weighted by Crippen LogP contribution is 2.24. The van der Waals surface area contributed by atoms with E-state index in [1.54, 1.807) is 0 Å². The van der Waals surface area contributed by atoms with Crippen molar-refractivity contribution >= 4 is 0 Å². The number of quaternary nitrogens is 1. The van der Waals surface area contributed by atoms with E-state index in [4.69, 9.17) is 0 Å². The number of aliphatic hydroxyl groups is 2. The molecule has 0 bridgehead atoms. The van der Waals surface area contributed by atoms with Gasteiger partial charge in [0, 0.05) is 0 Å². The van der Waals surface area contributed by atoms with Crippen LogP contribution in [-0.2, 0) is 0 Å². The van der Waals surface area contributed by atoms with Crippen molar-refractivity contribution in [2.45, 2.75) is 219 Å². The van der Waals surface area contributed by atoms with E-state index in [0.29, 0.717) is 0 Å². The van der Waals surface area contributed by atoms with Crippen LogP contribution in [0.25, 0.3) is 0 Å². The molecular weight excluding hydrogens is 526 g/mol. The molecule has 1 saturated heterocycles. The minimum Gasteiger partial charge on any atom is -0.384 e. The number of aliphatic hydroxyl groups excluding tert-OH is 2. The fourth-order valence-electron chi connectivity index (χ4n) is 7.28. The number of likely N-dealkylation sites (tertiary alicyclic amines) is 1. The molecule has 1 fully saturated rings. The molecule has 1 rings (SSSR count). The van der Waals surface area contributed by atoms with Gasteiger partial charge in [0.15, 0.2) is 0 Å². The third-order valence-electron chi connectivity index (χ3n) is 10.2. The zero-order chi connectivity index (χ0) is 31.1. The van der Waals surface area contributed by atoms with Crippen molar-refractivity contribution in [1.82, 2.24) is 0 Å². The van der Waals surface area contributed by atoms with E-state index >= 15 is 0 Å². The van der Waals surface area contributed by atoms with E-state index in [0.717, 1.165) is 30.7 Å². The van der Waals surface area contributed by atoms with Gasteiger partial charge < -0.3 is 14.7 Å². The Morgan fingerprint density at radius 2 is 0.651 bits per heavy atom. The summed E-state index contributed by atoms with van der Waals surface area (Å²) >= 11 is 0. The first-order chi connectivity index (χ1) is 21.1. The molecular formula is C40H80NO2+. The molecule has 256 valence electrons. The maximum atomic E-state index is 10.3. The Bertz CT molecular complexity index is 581. The standard InChI is InChI=1S/C40H80NO2/c1-3-5-7-9-11-13-15-17-19-21-23-25-27-29-31-33-35-41(37-39(42)40(43)38-41)36-34-32-30-28-26-24-22-20-18-16-14-12-10-8-6-4-2/h17,19,39-40,42-43H,3-16,18,20-38H2,1-2H3/q+1/b19-17-. The molecule has 2 N–H and O–H groups in total. The molecule has 3 nitrogen and oxygen atoms in total.